The molecule has 0 aromatic heterocycles. The molecule has 0 aliphatic rings. The molecule has 0 atom stereocenters. The molecule has 0 fully saturated rings. The van der Waals surface area contributed by atoms with Gasteiger partial charge in [-0.3, -0.25) is 0 Å². The molecule has 0 spiro atoms. The number of hydrogen-bond donors (Lipinski definition) is 0. The van der Waals surface area contributed by atoms with E-state index in [1.807, 2.05) is 0 Å². The monoisotopic (exact) mass is 195 g/mol. The lowest BCUT2D eigenvalue weighted by atomic mass is 10.0. The fraction of sp³-hybridized carbons (Fsp3) is 0.692. The van der Waals surface area contributed by atoms with Crippen LogP contribution in [0.15, 0.2) is 23.4 Å². The van der Waals surface area contributed by atoms with Crippen LogP contribution in [0.1, 0.15) is 48.0 Å². The van der Waals surface area contributed by atoms with Gasteiger partial charge in [0.1, 0.15) is 0 Å². The summed E-state index contributed by atoms with van der Waals surface area (Å²) in [6.45, 7) is 17.3. The van der Waals surface area contributed by atoms with Gasteiger partial charge in [-0.1, -0.05) is 19.1 Å². The Morgan fingerprint density at radius 2 is 1.64 bits per heavy atom. The van der Waals surface area contributed by atoms with Gasteiger partial charge < -0.3 is 4.90 Å². The summed E-state index contributed by atoms with van der Waals surface area (Å²) in [5.74, 6) is 0. The summed E-state index contributed by atoms with van der Waals surface area (Å²) in [4.78, 5) is 2.24. The number of rotatable bonds is 3. The van der Waals surface area contributed by atoms with Crippen molar-refractivity contribution in [3.63, 3.8) is 0 Å². The maximum atomic E-state index is 4.16. The van der Waals surface area contributed by atoms with E-state index in [0.29, 0.717) is 0 Å². The zero-order chi connectivity index (χ0) is 11.5. The van der Waals surface area contributed by atoms with E-state index in [1.54, 1.807) is 0 Å². The smallest absolute Gasteiger partial charge is 0.0324 e. The number of allylic oxidation sites excluding steroid dienone is 2. The van der Waals surface area contributed by atoms with Crippen LogP contribution < -0.4 is 0 Å². The highest BCUT2D eigenvalue weighted by Gasteiger charge is 2.19. The van der Waals surface area contributed by atoms with E-state index < -0.39 is 0 Å². The largest absolute Gasteiger partial charge is 0.370 e. The van der Waals surface area contributed by atoms with Crippen LogP contribution >= 0.6 is 0 Å². The van der Waals surface area contributed by atoms with Gasteiger partial charge in [0.05, 0.1) is 0 Å². The third-order valence-corrected chi connectivity index (χ3v) is 3.01. The van der Waals surface area contributed by atoms with Crippen molar-refractivity contribution >= 4 is 0 Å². The Kier molecular flexibility index (Phi) is 4.44. The Hall–Kier alpha value is -0.720. The average molecular weight is 195 g/mol. The topological polar surface area (TPSA) is 3.24 Å². The predicted octanol–water partition coefficient (Wildman–Crippen LogP) is 3.98. The Morgan fingerprint density at radius 3 is 1.93 bits per heavy atom. The molecule has 0 heterocycles. The maximum absolute atomic E-state index is 4.16. The van der Waals surface area contributed by atoms with Crippen LogP contribution in [0, 0.1) is 0 Å². The van der Waals surface area contributed by atoms with Gasteiger partial charge in [0, 0.05) is 18.3 Å². The minimum Gasteiger partial charge on any atom is -0.370 e. The van der Waals surface area contributed by atoms with Crippen molar-refractivity contribution in [3.05, 3.63) is 23.4 Å². The molecule has 0 aliphatic heterocycles. The molecule has 14 heavy (non-hydrogen) atoms. The van der Waals surface area contributed by atoms with Crippen LogP contribution in [0.25, 0.3) is 0 Å². The molecule has 0 aliphatic carbocycles. The zero-order valence-corrected chi connectivity index (χ0v) is 10.9. The molecule has 1 nitrogen and oxygen atoms in total. The molecule has 0 rings (SSSR count). The van der Waals surface area contributed by atoms with Crippen LogP contribution in [0.4, 0.5) is 0 Å². The second-order valence-corrected chi connectivity index (χ2v) is 4.94. The lowest BCUT2D eigenvalue weighted by Gasteiger charge is -2.36. The van der Waals surface area contributed by atoms with Crippen molar-refractivity contribution in [2.24, 2.45) is 0 Å². The highest BCUT2D eigenvalue weighted by Crippen LogP contribution is 2.23. The minimum absolute atomic E-state index is 0.145. The van der Waals surface area contributed by atoms with Crippen molar-refractivity contribution in [1.82, 2.24) is 4.90 Å². The second kappa shape index (κ2) is 4.68. The first-order chi connectivity index (χ1) is 6.21. The van der Waals surface area contributed by atoms with Crippen LogP contribution in [0.3, 0.4) is 0 Å². The number of likely N-dealkylation sites (N-methyl/N-ethyl adjacent to an activating group) is 1. The third kappa shape index (κ3) is 3.21. The van der Waals surface area contributed by atoms with Gasteiger partial charge in [-0.15, -0.1) is 0 Å². The average Bonchev–Trinajstić information content (AvgIpc) is 2.11. The van der Waals surface area contributed by atoms with Crippen LogP contribution in [-0.4, -0.2) is 17.5 Å². The molecule has 0 aromatic carbocycles. The van der Waals surface area contributed by atoms with Crippen molar-refractivity contribution in [2.75, 3.05) is 7.05 Å². The highest BCUT2D eigenvalue weighted by atomic mass is 15.2. The van der Waals surface area contributed by atoms with Gasteiger partial charge in [0.2, 0.25) is 0 Å². The van der Waals surface area contributed by atoms with Crippen LogP contribution in [0.5, 0.6) is 0 Å². The Bertz CT molecular complexity index is 240. The van der Waals surface area contributed by atoms with E-state index in [0.717, 1.165) is 12.1 Å². The first-order valence-corrected chi connectivity index (χ1v) is 5.31. The van der Waals surface area contributed by atoms with Gasteiger partial charge >= 0.3 is 0 Å². The van der Waals surface area contributed by atoms with E-state index in [4.69, 9.17) is 0 Å². The molecular weight excluding hydrogens is 170 g/mol. The summed E-state index contributed by atoms with van der Waals surface area (Å²) < 4.78 is 0. The van der Waals surface area contributed by atoms with Crippen molar-refractivity contribution in [1.29, 1.82) is 0 Å². The zero-order valence-electron chi connectivity index (χ0n) is 10.9. The van der Waals surface area contributed by atoms with E-state index in [-0.39, 0.29) is 5.54 Å². The highest BCUT2D eigenvalue weighted by molar-refractivity contribution is 5.30. The van der Waals surface area contributed by atoms with Gasteiger partial charge in [-0.05, 0) is 46.6 Å². The summed E-state index contributed by atoms with van der Waals surface area (Å²) in [7, 11) is 2.11. The van der Waals surface area contributed by atoms with Crippen LogP contribution in [0.2, 0.25) is 0 Å². The maximum Gasteiger partial charge on any atom is 0.0324 e. The molecule has 0 unspecified atom stereocenters. The molecule has 82 valence electrons. The van der Waals surface area contributed by atoms with Crippen molar-refractivity contribution < 1.29 is 0 Å². The molecule has 0 saturated carbocycles. The van der Waals surface area contributed by atoms with Gasteiger partial charge in [-0.2, -0.15) is 0 Å². The first kappa shape index (κ1) is 13.3. The van der Waals surface area contributed by atoms with E-state index in [1.165, 1.54) is 11.1 Å². The summed E-state index contributed by atoms with van der Waals surface area (Å²) in [5.41, 5.74) is 4.03. The Labute approximate surface area is 89.5 Å². The summed E-state index contributed by atoms with van der Waals surface area (Å²) in [6, 6.07) is 0. The second-order valence-electron chi connectivity index (χ2n) is 4.94. The summed E-state index contributed by atoms with van der Waals surface area (Å²) in [5, 5.41) is 0. The normalized spacial score (nSPS) is 13.6. The molecule has 0 radical (unpaired) electrons. The Balaban J connectivity index is 4.82. The van der Waals surface area contributed by atoms with E-state index in [2.05, 4.69) is 60.1 Å². The molecule has 0 bridgehead atoms. The lowest BCUT2D eigenvalue weighted by molar-refractivity contribution is 0.232. The van der Waals surface area contributed by atoms with Gasteiger partial charge in [0.25, 0.3) is 0 Å². The molecular formula is C13H25N. The SMILES string of the molecule is C=C(/C(C)=C(\C)CC)N(C)C(C)(C)C. The first-order valence-electron chi connectivity index (χ1n) is 5.31. The quantitative estimate of drug-likeness (QED) is 0.616. The fourth-order valence-corrected chi connectivity index (χ4v) is 1.17. The fourth-order valence-electron chi connectivity index (χ4n) is 1.17. The van der Waals surface area contributed by atoms with Gasteiger partial charge in [0.15, 0.2) is 0 Å². The third-order valence-electron chi connectivity index (χ3n) is 3.01. The van der Waals surface area contributed by atoms with Crippen molar-refractivity contribution in [2.45, 2.75) is 53.5 Å². The molecule has 0 saturated heterocycles. The number of nitrogens with zero attached hydrogens (tertiary/aromatic N) is 1. The Morgan fingerprint density at radius 1 is 1.21 bits per heavy atom. The number of hydrogen-bond acceptors (Lipinski definition) is 1. The standard InChI is InChI=1S/C13H25N/c1-9-10(2)11(3)12(4)14(8)13(5,6)7/h4,9H2,1-3,5-8H3/b11-10+. The molecule has 1 heteroatoms. The van der Waals surface area contributed by atoms with Gasteiger partial charge in [-0.25, -0.2) is 0 Å². The van der Waals surface area contributed by atoms with Crippen molar-refractivity contribution in [3.8, 4) is 0 Å². The molecule has 0 N–H and O–H groups in total. The minimum atomic E-state index is 0.145. The van der Waals surface area contributed by atoms with E-state index in [9.17, 15) is 0 Å². The lowest BCUT2D eigenvalue weighted by Crippen LogP contribution is -2.37. The summed E-state index contributed by atoms with van der Waals surface area (Å²) in [6.07, 6.45) is 1.10. The van der Waals surface area contributed by atoms with E-state index >= 15 is 0 Å². The summed E-state index contributed by atoms with van der Waals surface area (Å²) >= 11 is 0. The molecule has 0 aromatic rings. The van der Waals surface area contributed by atoms with Crippen LogP contribution in [-0.2, 0) is 0 Å². The predicted molar refractivity (Wildman–Crippen MR) is 65.3 cm³/mol. The molecule has 0 amide bonds.